The molecule has 3 aromatic rings. The third-order valence-electron chi connectivity index (χ3n) is 5.73. The van der Waals surface area contributed by atoms with Gasteiger partial charge >= 0.3 is 6.09 Å². The largest absolute Gasteiger partial charge is 0.444 e. The first-order chi connectivity index (χ1) is 18.0. The smallest absolute Gasteiger partial charge is 0.407 e. The van der Waals surface area contributed by atoms with Crippen molar-refractivity contribution in [3.8, 4) is 17.5 Å². The van der Waals surface area contributed by atoms with Crippen molar-refractivity contribution >= 4 is 23.5 Å². The number of nitrogens with zero attached hydrogens (tertiary/aromatic N) is 5. The fraction of sp³-hybridized carbons (Fsp3) is 0.385. The molecular weight excluding hydrogens is 494 g/mol. The van der Waals surface area contributed by atoms with Crippen LogP contribution in [0.3, 0.4) is 0 Å². The Balaban J connectivity index is 1.57. The molecule has 1 fully saturated rings. The minimum absolute atomic E-state index is 0.114. The molecule has 0 bridgehead atoms. The van der Waals surface area contributed by atoms with Crippen LogP contribution >= 0.6 is 0 Å². The van der Waals surface area contributed by atoms with Gasteiger partial charge in [-0.2, -0.15) is 10.2 Å². The summed E-state index contributed by atoms with van der Waals surface area (Å²) in [6, 6.07) is 8.47. The number of alkyl halides is 2. The van der Waals surface area contributed by atoms with Gasteiger partial charge in [-0.3, -0.25) is 0 Å². The van der Waals surface area contributed by atoms with E-state index >= 15 is 8.78 Å². The molecule has 3 N–H and O–H groups in total. The average Bonchev–Trinajstić information content (AvgIpc) is 2.86. The van der Waals surface area contributed by atoms with E-state index in [0.717, 1.165) is 5.56 Å². The summed E-state index contributed by atoms with van der Waals surface area (Å²) >= 11 is 0. The van der Waals surface area contributed by atoms with Crippen molar-refractivity contribution in [2.24, 2.45) is 0 Å². The molecule has 1 aliphatic carbocycles. The van der Waals surface area contributed by atoms with Gasteiger partial charge in [-0.15, -0.1) is 0 Å². The Morgan fingerprint density at radius 2 is 1.95 bits per heavy atom. The lowest BCUT2D eigenvalue weighted by Crippen LogP contribution is -2.58. The van der Waals surface area contributed by atoms with Crippen LogP contribution in [-0.2, 0) is 4.74 Å². The molecule has 10 nitrogen and oxygen atoms in total. The number of hydrogen-bond donors (Lipinski definition) is 3. The van der Waals surface area contributed by atoms with Gasteiger partial charge < -0.3 is 20.7 Å². The van der Waals surface area contributed by atoms with Gasteiger partial charge in [0.1, 0.15) is 23.3 Å². The summed E-state index contributed by atoms with van der Waals surface area (Å²) < 4.78 is 35.3. The topological polar surface area (TPSA) is 138 Å². The van der Waals surface area contributed by atoms with Crippen molar-refractivity contribution < 1.29 is 18.3 Å². The number of ether oxygens (including phenoxy) is 1. The third-order valence-corrected chi connectivity index (χ3v) is 5.73. The Morgan fingerprint density at radius 3 is 2.66 bits per heavy atom. The number of anilines is 3. The Morgan fingerprint density at radius 1 is 1.18 bits per heavy atom. The summed E-state index contributed by atoms with van der Waals surface area (Å²) in [7, 11) is 0. The van der Waals surface area contributed by atoms with Crippen LogP contribution in [-0.4, -0.2) is 49.6 Å². The first kappa shape index (κ1) is 26.7. The quantitative estimate of drug-likeness (QED) is 0.406. The number of amides is 1. The lowest BCUT2D eigenvalue weighted by atomic mass is 9.87. The number of rotatable bonds is 6. The predicted octanol–water partition coefficient (Wildman–Crippen LogP) is 5.04. The molecule has 4 rings (SSSR count). The monoisotopic (exact) mass is 522 g/mol. The van der Waals surface area contributed by atoms with Gasteiger partial charge in [0.15, 0.2) is 11.6 Å². The fourth-order valence-electron chi connectivity index (χ4n) is 4.08. The zero-order valence-electron chi connectivity index (χ0n) is 21.2. The number of hydrogen-bond acceptors (Lipinski definition) is 9. The number of halogens is 2. The molecular formula is C26H28F2N8O2. The predicted molar refractivity (Wildman–Crippen MR) is 137 cm³/mol. The number of nitriles is 1. The molecule has 1 amide bonds. The third kappa shape index (κ3) is 6.67. The minimum atomic E-state index is -3.15. The van der Waals surface area contributed by atoms with Crippen LogP contribution < -0.4 is 16.0 Å². The van der Waals surface area contributed by atoms with Crippen LogP contribution in [0.1, 0.15) is 45.6 Å². The van der Waals surface area contributed by atoms with Gasteiger partial charge in [0, 0.05) is 30.1 Å². The Kier molecular flexibility index (Phi) is 7.66. The van der Waals surface area contributed by atoms with Gasteiger partial charge in [-0.05, 0) is 51.8 Å². The van der Waals surface area contributed by atoms with Crippen molar-refractivity contribution in [1.29, 1.82) is 5.26 Å². The van der Waals surface area contributed by atoms with Crippen molar-refractivity contribution in [1.82, 2.24) is 25.3 Å². The van der Waals surface area contributed by atoms with E-state index in [1.54, 1.807) is 57.4 Å². The number of aromatic nitrogens is 4. The first-order valence-corrected chi connectivity index (χ1v) is 12.1. The van der Waals surface area contributed by atoms with E-state index in [1.165, 1.54) is 6.20 Å². The second-order valence-corrected chi connectivity index (χ2v) is 9.87. The van der Waals surface area contributed by atoms with E-state index in [1.807, 2.05) is 12.1 Å². The normalized spacial score (nSPS) is 18.6. The molecule has 38 heavy (non-hydrogen) atoms. The molecule has 2 atom stereocenters. The SMILES string of the molecule is CC(C)(C)OC(=O)N[C@H]1CCCC(F)(F)[C@H]1Nc1ncc(C#N)c(Nc2cccc(-c3ncccn3)c2)n1. The number of nitrogens with one attached hydrogen (secondary N) is 3. The molecule has 0 spiro atoms. The van der Waals surface area contributed by atoms with E-state index in [4.69, 9.17) is 4.74 Å². The molecule has 0 aliphatic heterocycles. The lowest BCUT2D eigenvalue weighted by molar-refractivity contribution is -0.0564. The van der Waals surface area contributed by atoms with E-state index in [-0.39, 0.29) is 30.2 Å². The molecule has 0 saturated heterocycles. The molecule has 1 aromatic carbocycles. The summed E-state index contributed by atoms with van der Waals surface area (Å²) in [5.41, 5.74) is 0.670. The average molecular weight is 523 g/mol. The van der Waals surface area contributed by atoms with Crippen LogP contribution in [0.25, 0.3) is 11.4 Å². The van der Waals surface area contributed by atoms with Crippen LogP contribution in [0.2, 0.25) is 0 Å². The second kappa shape index (κ2) is 10.9. The summed E-state index contributed by atoms with van der Waals surface area (Å²) in [4.78, 5) is 29.2. The first-order valence-electron chi connectivity index (χ1n) is 12.1. The van der Waals surface area contributed by atoms with E-state index in [0.29, 0.717) is 17.9 Å². The molecule has 1 saturated carbocycles. The highest BCUT2D eigenvalue weighted by atomic mass is 19.3. The molecule has 2 aromatic heterocycles. The van der Waals surface area contributed by atoms with E-state index in [2.05, 4.69) is 35.9 Å². The Hall–Kier alpha value is -4.40. The number of benzene rings is 1. The minimum Gasteiger partial charge on any atom is -0.444 e. The van der Waals surface area contributed by atoms with Gasteiger partial charge in [0.2, 0.25) is 5.95 Å². The van der Waals surface area contributed by atoms with Crippen molar-refractivity contribution in [2.75, 3.05) is 10.6 Å². The van der Waals surface area contributed by atoms with Crippen LogP contribution in [0.5, 0.6) is 0 Å². The van der Waals surface area contributed by atoms with E-state index in [9.17, 15) is 10.1 Å². The highest BCUT2D eigenvalue weighted by molar-refractivity contribution is 5.69. The van der Waals surface area contributed by atoms with Crippen molar-refractivity contribution in [2.45, 2.75) is 63.6 Å². The van der Waals surface area contributed by atoms with Crippen LogP contribution in [0, 0.1) is 11.3 Å². The van der Waals surface area contributed by atoms with Gasteiger partial charge in [-0.25, -0.2) is 28.5 Å². The molecule has 198 valence electrons. The molecule has 0 radical (unpaired) electrons. The number of carbonyl (C=O) groups is 1. The maximum atomic E-state index is 15.0. The summed E-state index contributed by atoms with van der Waals surface area (Å²) in [5.74, 6) is -2.61. The van der Waals surface area contributed by atoms with Gasteiger partial charge in [0.25, 0.3) is 5.92 Å². The Bertz CT molecular complexity index is 1320. The highest BCUT2D eigenvalue weighted by Crippen LogP contribution is 2.36. The molecule has 1 aliphatic rings. The van der Waals surface area contributed by atoms with Crippen molar-refractivity contribution in [3.05, 3.63) is 54.5 Å². The van der Waals surface area contributed by atoms with Gasteiger partial charge in [-0.1, -0.05) is 12.1 Å². The molecule has 12 heteroatoms. The standard InChI is InChI=1S/C26H28F2N8O2/c1-25(2,3)38-24(37)34-19-9-5-10-26(27,28)20(19)35-23-32-15-17(14-29)22(36-23)33-18-8-4-7-16(13-18)21-30-11-6-12-31-21/h4,6-8,11-13,15,19-20H,5,9-10H2,1-3H3,(H,34,37)(H2,32,33,35,36)/t19-,20-/m0/s1. The Labute approximate surface area is 218 Å². The zero-order valence-corrected chi connectivity index (χ0v) is 21.2. The van der Waals surface area contributed by atoms with Crippen LogP contribution in [0.15, 0.2) is 48.9 Å². The second-order valence-electron chi connectivity index (χ2n) is 9.87. The molecule has 0 unspecified atom stereocenters. The zero-order chi connectivity index (χ0) is 27.3. The fourth-order valence-corrected chi connectivity index (χ4v) is 4.08. The van der Waals surface area contributed by atoms with Crippen LogP contribution in [0.4, 0.5) is 31.0 Å². The highest BCUT2D eigenvalue weighted by Gasteiger charge is 2.48. The maximum Gasteiger partial charge on any atom is 0.407 e. The van der Waals surface area contributed by atoms with Gasteiger partial charge in [0.05, 0.1) is 12.2 Å². The van der Waals surface area contributed by atoms with E-state index < -0.39 is 29.7 Å². The summed E-state index contributed by atoms with van der Waals surface area (Å²) in [5, 5.41) is 17.9. The maximum absolute atomic E-state index is 15.0. The number of carbonyl (C=O) groups excluding carboxylic acids is 1. The summed E-state index contributed by atoms with van der Waals surface area (Å²) in [6.45, 7) is 5.08. The lowest BCUT2D eigenvalue weighted by Gasteiger charge is -2.38. The van der Waals surface area contributed by atoms with Crippen molar-refractivity contribution in [3.63, 3.8) is 0 Å². The number of alkyl carbamates (subject to hydrolysis) is 1. The summed E-state index contributed by atoms with van der Waals surface area (Å²) in [6.07, 6.45) is 3.93. The molecule has 2 heterocycles.